The summed E-state index contributed by atoms with van der Waals surface area (Å²) < 4.78 is 0. The highest BCUT2D eigenvalue weighted by Crippen LogP contribution is 2.39. The summed E-state index contributed by atoms with van der Waals surface area (Å²) >= 11 is 0. The molecule has 1 aromatic carbocycles. The Morgan fingerprint density at radius 2 is 2.00 bits per heavy atom. The lowest BCUT2D eigenvalue weighted by Gasteiger charge is -2.30. The van der Waals surface area contributed by atoms with Crippen molar-refractivity contribution < 1.29 is 10.2 Å². The van der Waals surface area contributed by atoms with Crippen LogP contribution >= 0.6 is 0 Å². The lowest BCUT2D eigenvalue weighted by molar-refractivity contribution is 0.0757. The van der Waals surface area contributed by atoms with Gasteiger partial charge in [0, 0.05) is 30.4 Å². The van der Waals surface area contributed by atoms with E-state index in [2.05, 4.69) is 4.90 Å². The van der Waals surface area contributed by atoms with Gasteiger partial charge in [0.2, 0.25) is 0 Å². The summed E-state index contributed by atoms with van der Waals surface area (Å²) in [5.74, 6) is 0.261. The second-order valence-electron chi connectivity index (χ2n) is 5.04. The molecular formula is C13H19NO2. The molecule has 1 aromatic rings. The van der Waals surface area contributed by atoms with Crippen molar-refractivity contribution in [1.82, 2.24) is 0 Å². The summed E-state index contributed by atoms with van der Waals surface area (Å²) in [5.41, 5.74) is 1.67. The lowest BCUT2D eigenvalue weighted by atomic mass is 9.91. The molecule has 0 aromatic heterocycles. The molecule has 0 unspecified atom stereocenters. The van der Waals surface area contributed by atoms with Crippen molar-refractivity contribution in [2.45, 2.75) is 32.3 Å². The largest absolute Gasteiger partial charge is 0.507 e. The van der Waals surface area contributed by atoms with Crippen LogP contribution in [-0.2, 0) is 12.0 Å². The number of hydrogen-bond donors (Lipinski definition) is 2. The molecular weight excluding hydrogens is 202 g/mol. The highest BCUT2D eigenvalue weighted by atomic mass is 16.3. The van der Waals surface area contributed by atoms with E-state index in [1.54, 1.807) is 13.8 Å². The average molecular weight is 221 g/mol. The Balaban J connectivity index is 2.55. The molecule has 0 saturated carbocycles. The van der Waals surface area contributed by atoms with Crippen LogP contribution in [0.3, 0.4) is 0 Å². The van der Waals surface area contributed by atoms with E-state index >= 15 is 0 Å². The van der Waals surface area contributed by atoms with Crippen molar-refractivity contribution in [2.75, 3.05) is 18.5 Å². The van der Waals surface area contributed by atoms with Crippen molar-refractivity contribution in [3.63, 3.8) is 0 Å². The van der Waals surface area contributed by atoms with E-state index in [1.807, 2.05) is 19.2 Å². The minimum absolute atomic E-state index is 0.261. The topological polar surface area (TPSA) is 43.7 Å². The fourth-order valence-corrected chi connectivity index (χ4v) is 2.34. The zero-order valence-electron chi connectivity index (χ0n) is 10.1. The van der Waals surface area contributed by atoms with Crippen LogP contribution in [-0.4, -0.2) is 23.8 Å². The fraction of sp³-hybridized carbons (Fsp3) is 0.538. The summed E-state index contributed by atoms with van der Waals surface area (Å²) in [4.78, 5) is 2.15. The van der Waals surface area contributed by atoms with Crippen molar-refractivity contribution in [2.24, 2.45) is 0 Å². The summed E-state index contributed by atoms with van der Waals surface area (Å²) in [6.07, 6.45) is 1.93. The number of hydrogen-bond acceptors (Lipinski definition) is 3. The zero-order valence-corrected chi connectivity index (χ0v) is 10.1. The number of phenols is 1. The molecule has 3 heteroatoms. The van der Waals surface area contributed by atoms with Gasteiger partial charge in [0.25, 0.3) is 0 Å². The highest BCUT2D eigenvalue weighted by molar-refractivity contribution is 5.63. The van der Waals surface area contributed by atoms with Gasteiger partial charge in [0.05, 0.1) is 5.60 Å². The number of aliphatic hydroxyl groups is 1. The van der Waals surface area contributed by atoms with Crippen LogP contribution in [0.5, 0.6) is 5.75 Å². The standard InChI is InChI=1S/C13H19NO2/c1-13(2,16)10-6-7-11-9(12(10)15)5-4-8-14(11)3/h6-7,15-16H,4-5,8H2,1-3H3. The van der Waals surface area contributed by atoms with Gasteiger partial charge in [-0.05, 0) is 32.8 Å². The second kappa shape index (κ2) is 3.67. The quantitative estimate of drug-likeness (QED) is 0.762. The number of aromatic hydroxyl groups is 1. The van der Waals surface area contributed by atoms with Gasteiger partial charge in [-0.15, -0.1) is 0 Å². The van der Waals surface area contributed by atoms with Gasteiger partial charge >= 0.3 is 0 Å². The third kappa shape index (κ3) is 1.76. The van der Waals surface area contributed by atoms with E-state index in [1.165, 1.54) is 0 Å². The SMILES string of the molecule is CN1CCCc2c1ccc(C(C)(C)O)c2O. The molecule has 0 aliphatic carbocycles. The molecule has 1 aliphatic heterocycles. The van der Waals surface area contributed by atoms with Crippen molar-refractivity contribution in [1.29, 1.82) is 0 Å². The van der Waals surface area contributed by atoms with Crippen LogP contribution < -0.4 is 4.90 Å². The zero-order chi connectivity index (χ0) is 11.9. The summed E-state index contributed by atoms with van der Waals surface area (Å²) in [6, 6.07) is 3.80. The van der Waals surface area contributed by atoms with E-state index < -0.39 is 5.60 Å². The summed E-state index contributed by atoms with van der Waals surface area (Å²) in [5, 5.41) is 20.2. The molecule has 88 valence electrons. The van der Waals surface area contributed by atoms with Crippen LogP contribution in [0.4, 0.5) is 5.69 Å². The number of rotatable bonds is 1. The molecule has 1 heterocycles. The number of anilines is 1. The Kier molecular flexibility index (Phi) is 2.58. The first-order valence-electron chi connectivity index (χ1n) is 5.70. The Hall–Kier alpha value is -1.22. The van der Waals surface area contributed by atoms with E-state index in [-0.39, 0.29) is 5.75 Å². The molecule has 0 radical (unpaired) electrons. The van der Waals surface area contributed by atoms with E-state index in [0.29, 0.717) is 5.56 Å². The van der Waals surface area contributed by atoms with E-state index in [4.69, 9.17) is 0 Å². The molecule has 0 spiro atoms. The first kappa shape index (κ1) is 11.3. The average Bonchev–Trinajstić information content (AvgIpc) is 2.18. The maximum absolute atomic E-state index is 10.2. The monoisotopic (exact) mass is 221 g/mol. The summed E-state index contributed by atoms with van der Waals surface area (Å²) in [6.45, 7) is 4.41. The number of benzene rings is 1. The number of fused-ring (bicyclic) bond motifs is 1. The molecule has 16 heavy (non-hydrogen) atoms. The molecule has 2 rings (SSSR count). The van der Waals surface area contributed by atoms with E-state index in [0.717, 1.165) is 30.6 Å². The Morgan fingerprint density at radius 3 is 2.62 bits per heavy atom. The van der Waals surface area contributed by atoms with Gasteiger partial charge in [0.1, 0.15) is 5.75 Å². The van der Waals surface area contributed by atoms with Crippen molar-refractivity contribution >= 4 is 5.69 Å². The van der Waals surface area contributed by atoms with Gasteiger partial charge in [-0.2, -0.15) is 0 Å². The van der Waals surface area contributed by atoms with Crippen molar-refractivity contribution in [3.8, 4) is 5.75 Å². The number of nitrogens with zero attached hydrogens (tertiary/aromatic N) is 1. The predicted octanol–water partition coefficient (Wildman–Crippen LogP) is 2.00. The first-order valence-corrected chi connectivity index (χ1v) is 5.70. The van der Waals surface area contributed by atoms with E-state index in [9.17, 15) is 10.2 Å². The Bertz CT molecular complexity index is 407. The molecule has 0 amide bonds. The van der Waals surface area contributed by atoms with Crippen LogP contribution in [0.2, 0.25) is 0 Å². The third-order valence-electron chi connectivity index (χ3n) is 3.25. The van der Waals surface area contributed by atoms with Gasteiger partial charge in [-0.3, -0.25) is 0 Å². The normalized spacial score (nSPS) is 16.1. The van der Waals surface area contributed by atoms with Crippen LogP contribution in [0, 0.1) is 0 Å². The van der Waals surface area contributed by atoms with Crippen LogP contribution in [0.1, 0.15) is 31.4 Å². The molecule has 0 bridgehead atoms. The summed E-state index contributed by atoms with van der Waals surface area (Å²) in [7, 11) is 2.03. The molecule has 1 aliphatic rings. The van der Waals surface area contributed by atoms with Crippen LogP contribution in [0.25, 0.3) is 0 Å². The van der Waals surface area contributed by atoms with Gasteiger partial charge in [-0.25, -0.2) is 0 Å². The molecule has 3 nitrogen and oxygen atoms in total. The maximum atomic E-state index is 10.2. The van der Waals surface area contributed by atoms with Crippen LogP contribution in [0.15, 0.2) is 12.1 Å². The minimum Gasteiger partial charge on any atom is -0.507 e. The molecule has 0 saturated heterocycles. The molecule has 2 N–H and O–H groups in total. The predicted molar refractivity (Wildman–Crippen MR) is 64.9 cm³/mol. The Labute approximate surface area is 96.3 Å². The first-order chi connectivity index (χ1) is 7.41. The highest BCUT2D eigenvalue weighted by Gasteiger charge is 2.25. The third-order valence-corrected chi connectivity index (χ3v) is 3.25. The molecule has 0 fully saturated rings. The maximum Gasteiger partial charge on any atom is 0.126 e. The smallest absolute Gasteiger partial charge is 0.126 e. The van der Waals surface area contributed by atoms with Gasteiger partial charge in [-0.1, -0.05) is 6.07 Å². The van der Waals surface area contributed by atoms with Crippen molar-refractivity contribution in [3.05, 3.63) is 23.3 Å². The fourth-order valence-electron chi connectivity index (χ4n) is 2.34. The lowest BCUT2D eigenvalue weighted by Crippen LogP contribution is -2.26. The minimum atomic E-state index is -0.991. The van der Waals surface area contributed by atoms with Gasteiger partial charge < -0.3 is 15.1 Å². The number of phenolic OH excluding ortho intramolecular Hbond substituents is 1. The van der Waals surface area contributed by atoms with Gasteiger partial charge in [0.15, 0.2) is 0 Å². The second-order valence-corrected chi connectivity index (χ2v) is 5.04. The Morgan fingerprint density at radius 1 is 1.31 bits per heavy atom. The molecule has 0 atom stereocenters.